The molecule has 7 heteroatoms. The molecule has 2 N–H and O–H groups in total. The van der Waals surface area contributed by atoms with Gasteiger partial charge in [-0.15, -0.1) is 0 Å². The zero-order valence-electron chi connectivity index (χ0n) is 14.5. The summed E-state index contributed by atoms with van der Waals surface area (Å²) in [6, 6.07) is 2.47. The van der Waals surface area contributed by atoms with Gasteiger partial charge in [0.2, 0.25) is 0 Å². The Kier molecular flexibility index (Phi) is 5.08. The summed E-state index contributed by atoms with van der Waals surface area (Å²) < 4.78 is 20.2. The standard InChI is InChI=1S/C17H27N5OS/c1-3-10-24(18,23)11-13-4-6-14(7-5-13)22(2)17-15-8-9-19-16(15)20-12-21-17/h8-9,12-14,18H,3-7,10-11H2,1-2H3,(H,19,20,21). The molecule has 0 radical (unpaired) electrons. The molecule has 1 unspecified atom stereocenters. The summed E-state index contributed by atoms with van der Waals surface area (Å²) in [6.45, 7) is 2.00. The molecular formula is C17H27N5OS. The molecule has 0 spiro atoms. The number of hydrogen-bond donors (Lipinski definition) is 2. The lowest BCUT2D eigenvalue weighted by Crippen LogP contribution is -2.37. The Morgan fingerprint density at radius 2 is 2.08 bits per heavy atom. The summed E-state index contributed by atoms with van der Waals surface area (Å²) in [4.78, 5) is 14.1. The average Bonchev–Trinajstić information content (AvgIpc) is 3.03. The lowest BCUT2D eigenvalue weighted by Gasteiger charge is -2.35. The third-order valence-corrected chi connectivity index (χ3v) is 7.15. The molecule has 1 aliphatic rings. The maximum Gasteiger partial charge on any atom is 0.142 e. The van der Waals surface area contributed by atoms with Crippen LogP contribution in [-0.2, 0) is 9.73 Å². The zero-order valence-corrected chi connectivity index (χ0v) is 15.3. The lowest BCUT2D eigenvalue weighted by atomic mass is 9.86. The molecule has 0 amide bonds. The predicted molar refractivity (Wildman–Crippen MR) is 98.9 cm³/mol. The van der Waals surface area contributed by atoms with Crippen molar-refractivity contribution in [2.75, 3.05) is 23.5 Å². The van der Waals surface area contributed by atoms with Crippen molar-refractivity contribution < 1.29 is 4.21 Å². The van der Waals surface area contributed by atoms with Crippen LogP contribution < -0.4 is 4.90 Å². The van der Waals surface area contributed by atoms with E-state index in [2.05, 4.69) is 26.9 Å². The van der Waals surface area contributed by atoms with Crippen molar-refractivity contribution in [2.24, 2.45) is 5.92 Å². The van der Waals surface area contributed by atoms with Crippen LogP contribution >= 0.6 is 0 Å². The van der Waals surface area contributed by atoms with E-state index in [1.807, 2.05) is 19.2 Å². The van der Waals surface area contributed by atoms with Crippen molar-refractivity contribution in [3.63, 3.8) is 0 Å². The number of hydrogen-bond acceptors (Lipinski definition) is 5. The third-order valence-electron chi connectivity index (χ3n) is 5.07. The van der Waals surface area contributed by atoms with E-state index in [0.717, 1.165) is 49.0 Å². The van der Waals surface area contributed by atoms with Crippen molar-refractivity contribution in [1.82, 2.24) is 15.0 Å². The van der Waals surface area contributed by atoms with Crippen molar-refractivity contribution in [1.29, 1.82) is 4.78 Å². The van der Waals surface area contributed by atoms with Crippen LogP contribution in [0.4, 0.5) is 5.82 Å². The largest absolute Gasteiger partial charge is 0.356 e. The number of fused-ring (bicyclic) bond motifs is 1. The SMILES string of the molecule is CCCS(=N)(=O)CC1CCC(N(C)c2ncnc3[nH]ccc23)CC1. The number of rotatable bonds is 6. The van der Waals surface area contributed by atoms with Gasteiger partial charge >= 0.3 is 0 Å². The highest BCUT2D eigenvalue weighted by molar-refractivity contribution is 7.92. The van der Waals surface area contributed by atoms with Crippen molar-refractivity contribution >= 4 is 26.6 Å². The quantitative estimate of drug-likeness (QED) is 0.837. The Balaban J connectivity index is 1.63. The van der Waals surface area contributed by atoms with Crippen LogP contribution in [0.2, 0.25) is 0 Å². The third kappa shape index (κ3) is 3.71. The van der Waals surface area contributed by atoms with Crippen LogP contribution in [0, 0.1) is 10.7 Å². The molecule has 1 atom stereocenters. The van der Waals surface area contributed by atoms with E-state index in [4.69, 9.17) is 4.78 Å². The number of aromatic nitrogens is 3. The van der Waals surface area contributed by atoms with Crippen LogP contribution in [0.5, 0.6) is 0 Å². The number of aromatic amines is 1. The molecule has 6 nitrogen and oxygen atoms in total. The summed E-state index contributed by atoms with van der Waals surface area (Å²) in [7, 11) is -0.279. The van der Waals surface area contributed by atoms with Crippen LogP contribution in [0.25, 0.3) is 11.0 Å². The molecule has 0 saturated heterocycles. The number of anilines is 1. The van der Waals surface area contributed by atoms with Gasteiger partial charge in [-0.05, 0) is 44.1 Å². The Morgan fingerprint density at radius 3 is 2.79 bits per heavy atom. The maximum atomic E-state index is 12.2. The highest BCUT2D eigenvalue weighted by atomic mass is 32.2. The van der Waals surface area contributed by atoms with E-state index in [1.165, 1.54) is 0 Å². The van der Waals surface area contributed by atoms with Gasteiger partial charge in [0.25, 0.3) is 0 Å². The Hall–Kier alpha value is -1.63. The second-order valence-electron chi connectivity index (χ2n) is 6.91. The first kappa shape index (κ1) is 17.2. The van der Waals surface area contributed by atoms with Crippen LogP contribution in [0.3, 0.4) is 0 Å². The summed E-state index contributed by atoms with van der Waals surface area (Å²) in [5, 5.41) is 1.05. The van der Waals surface area contributed by atoms with Crippen molar-refractivity contribution in [3.05, 3.63) is 18.6 Å². The molecule has 0 aromatic carbocycles. The molecule has 1 saturated carbocycles. The molecule has 2 aromatic rings. The Morgan fingerprint density at radius 1 is 1.33 bits per heavy atom. The molecule has 132 valence electrons. The van der Waals surface area contributed by atoms with Gasteiger partial charge < -0.3 is 9.88 Å². The van der Waals surface area contributed by atoms with Gasteiger partial charge in [-0.3, -0.25) is 4.78 Å². The second-order valence-corrected chi connectivity index (χ2v) is 9.27. The van der Waals surface area contributed by atoms with E-state index in [1.54, 1.807) is 6.33 Å². The van der Waals surface area contributed by atoms with Crippen LogP contribution in [0.1, 0.15) is 39.0 Å². The Labute approximate surface area is 144 Å². The van der Waals surface area contributed by atoms with Crippen molar-refractivity contribution in [2.45, 2.75) is 45.1 Å². The normalized spacial score (nSPS) is 23.9. The summed E-state index contributed by atoms with van der Waals surface area (Å²) >= 11 is 0. The molecule has 2 aromatic heterocycles. The Bertz CT molecular complexity index is 777. The van der Waals surface area contributed by atoms with Gasteiger partial charge in [0, 0.05) is 40.5 Å². The maximum absolute atomic E-state index is 12.2. The molecule has 1 fully saturated rings. The van der Waals surface area contributed by atoms with Gasteiger partial charge in [-0.1, -0.05) is 6.92 Å². The minimum atomic E-state index is -2.38. The van der Waals surface area contributed by atoms with E-state index in [-0.39, 0.29) is 0 Å². The molecule has 3 rings (SSSR count). The highest BCUT2D eigenvalue weighted by Gasteiger charge is 2.27. The fourth-order valence-corrected chi connectivity index (χ4v) is 5.73. The number of nitrogens with one attached hydrogen (secondary N) is 2. The van der Waals surface area contributed by atoms with Gasteiger partial charge in [0.05, 0.1) is 5.39 Å². The summed E-state index contributed by atoms with van der Waals surface area (Å²) in [5.41, 5.74) is 0.869. The van der Waals surface area contributed by atoms with Crippen molar-refractivity contribution in [3.8, 4) is 0 Å². The fourth-order valence-electron chi connectivity index (χ4n) is 3.81. The first-order valence-electron chi connectivity index (χ1n) is 8.75. The average molecular weight is 350 g/mol. The van der Waals surface area contributed by atoms with Gasteiger partial charge in [0.15, 0.2) is 0 Å². The smallest absolute Gasteiger partial charge is 0.142 e. The lowest BCUT2D eigenvalue weighted by molar-refractivity contribution is 0.342. The second kappa shape index (κ2) is 7.09. The van der Waals surface area contributed by atoms with E-state index >= 15 is 0 Å². The summed E-state index contributed by atoms with van der Waals surface area (Å²) in [5.74, 6) is 2.52. The molecule has 1 aliphatic carbocycles. The van der Waals surface area contributed by atoms with E-state index in [0.29, 0.717) is 23.5 Å². The molecular weight excluding hydrogens is 322 g/mol. The first-order valence-corrected chi connectivity index (χ1v) is 10.6. The zero-order chi connectivity index (χ0) is 17.2. The molecule has 2 heterocycles. The minimum absolute atomic E-state index is 0.434. The highest BCUT2D eigenvalue weighted by Crippen LogP contribution is 2.32. The number of nitrogens with zero attached hydrogens (tertiary/aromatic N) is 3. The summed E-state index contributed by atoms with van der Waals surface area (Å²) in [6.07, 6.45) is 8.58. The van der Waals surface area contributed by atoms with E-state index in [9.17, 15) is 4.21 Å². The monoisotopic (exact) mass is 349 g/mol. The number of H-pyrrole nitrogens is 1. The fraction of sp³-hybridized carbons (Fsp3) is 0.647. The van der Waals surface area contributed by atoms with E-state index < -0.39 is 9.73 Å². The molecule has 24 heavy (non-hydrogen) atoms. The first-order chi connectivity index (χ1) is 11.5. The van der Waals surface area contributed by atoms with Gasteiger partial charge in [0.1, 0.15) is 17.8 Å². The van der Waals surface area contributed by atoms with Crippen LogP contribution in [-0.4, -0.2) is 43.8 Å². The molecule has 0 bridgehead atoms. The predicted octanol–water partition coefficient (Wildman–Crippen LogP) is 3.41. The van der Waals surface area contributed by atoms with Crippen LogP contribution in [0.15, 0.2) is 18.6 Å². The van der Waals surface area contributed by atoms with Gasteiger partial charge in [-0.2, -0.15) is 0 Å². The topological polar surface area (TPSA) is 85.7 Å². The van der Waals surface area contributed by atoms with Gasteiger partial charge in [-0.25, -0.2) is 14.2 Å². The minimum Gasteiger partial charge on any atom is -0.356 e. The molecule has 0 aliphatic heterocycles.